The van der Waals surface area contributed by atoms with Crippen LogP contribution in [0.3, 0.4) is 0 Å². The van der Waals surface area contributed by atoms with Crippen LogP contribution in [0.1, 0.15) is 40.0 Å². The Morgan fingerprint density at radius 1 is 1.29 bits per heavy atom. The summed E-state index contributed by atoms with van der Waals surface area (Å²) in [5, 5.41) is 0. The zero-order valence-corrected chi connectivity index (χ0v) is 11.9. The molecule has 3 atom stereocenters. The molecule has 3 unspecified atom stereocenters. The van der Waals surface area contributed by atoms with E-state index in [1.54, 1.807) is 12.0 Å². The molecule has 0 aromatic heterocycles. The van der Waals surface area contributed by atoms with Crippen LogP contribution in [-0.4, -0.2) is 43.7 Å². The van der Waals surface area contributed by atoms with Gasteiger partial charge in [-0.2, -0.15) is 0 Å². The maximum Gasteiger partial charge on any atom is 0.225 e. The quantitative estimate of drug-likeness (QED) is 0.706. The summed E-state index contributed by atoms with van der Waals surface area (Å²) < 4.78 is 5.06. The van der Waals surface area contributed by atoms with E-state index in [9.17, 15) is 4.79 Å². The first kappa shape index (κ1) is 16.4. The summed E-state index contributed by atoms with van der Waals surface area (Å²) in [4.78, 5) is 13.9. The van der Waals surface area contributed by atoms with Gasteiger partial charge in [0.05, 0.1) is 12.6 Å². The third-order valence-electron chi connectivity index (χ3n) is 3.13. The largest absolute Gasteiger partial charge is 0.383 e. The molecule has 0 heterocycles. The Kier molecular flexibility index (Phi) is 8.17. The highest BCUT2D eigenvalue weighted by atomic mass is 16.5. The highest BCUT2D eigenvalue weighted by Gasteiger charge is 2.21. The number of nitrogens with zero attached hydrogens (tertiary/aromatic N) is 1. The standard InChI is InChI=1S/C13H28N2O2/c1-10(7-6-8-11(2)14)13(16)15(4)12(3)9-17-5/h10-12H,6-9,14H2,1-5H3. The number of carbonyl (C=O) groups is 1. The van der Waals surface area contributed by atoms with Crippen molar-refractivity contribution >= 4 is 5.91 Å². The number of carbonyl (C=O) groups excluding carboxylic acids is 1. The van der Waals surface area contributed by atoms with E-state index >= 15 is 0 Å². The monoisotopic (exact) mass is 244 g/mol. The van der Waals surface area contributed by atoms with Crippen LogP contribution in [-0.2, 0) is 9.53 Å². The lowest BCUT2D eigenvalue weighted by molar-refractivity contribution is -0.136. The second kappa shape index (κ2) is 8.48. The molecule has 0 aromatic carbocycles. The molecule has 102 valence electrons. The van der Waals surface area contributed by atoms with Crippen molar-refractivity contribution in [2.75, 3.05) is 20.8 Å². The average molecular weight is 244 g/mol. The van der Waals surface area contributed by atoms with Gasteiger partial charge in [-0.3, -0.25) is 4.79 Å². The molecule has 0 aliphatic carbocycles. The fourth-order valence-corrected chi connectivity index (χ4v) is 1.79. The molecule has 0 saturated carbocycles. The van der Waals surface area contributed by atoms with E-state index in [1.165, 1.54) is 0 Å². The molecule has 0 aliphatic rings. The molecular weight excluding hydrogens is 216 g/mol. The molecule has 4 nitrogen and oxygen atoms in total. The van der Waals surface area contributed by atoms with Gasteiger partial charge in [-0.05, 0) is 26.7 Å². The van der Waals surface area contributed by atoms with Gasteiger partial charge in [0.15, 0.2) is 0 Å². The Morgan fingerprint density at radius 3 is 2.35 bits per heavy atom. The summed E-state index contributed by atoms with van der Waals surface area (Å²) in [6.45, 7) is 6.56. The van der Waals surface area contributed by atoms with E-state index < -0.39 is 0 Å². The molecule has 0 saturated heterocycles. The number of hydrogen-bond acceptors (Lipinski definition) is 3. The van der Waals surface area contributed by atoms with Gasteiger partial charge in [-0.1, -0.05) is 13.3 Å². The van der Waals surface area contributed by atoms with Crippen molar-refractivity contribution in [1.29, 1.82) is 0 Å². The zero-order chi connectivity index (χ0) is 13.4. The average Bonchev–Trinajstić information content (AvgIpc) is 2.26. The summed E-state index contributed by atoms with van der Waals surface area (Å²) in [6, 6.07) is 0.353. The van der Waals surface area contributed by atoms with Crippen molar-refractivity contribution in [1.82, 2.24) is 4.90 Å². The molecule has 17 heavy (non-hydrogen) atoms. The predicted molar refractivity (Wildman–Crippen MR) is 70.8 cm³/mol. The Labute approximate surface area is 105 Å². The van der Waals surface area contributed by atoms with E-state index in [0.29, 0.717) is 6.61 Å². The van der Waals surface area contributed by atoms with Crippen LogP contribution in [0.25, 0.3) is 0 Å². The smallest absolute Gasteiger partial charge is 0.225 e. The third-order valence-corrected chi connectivity index (χ3v) is 3.13. The first-order chi connectivity index (χ1) is 7.90. The van der Waals surface area contributed by atoms with Crippen molar-refractivity contribution in [3.05, 3.63) is 0 Å². The number of amides is 1. The molecule has 1 amide bonds. The third kappa shape index (κ3) is 6.64. The first-order valence-corrected chi connectivity index (χ1v) is 6.41. The van der Waals surface area contributed by atoms with E-state index in [-0.39, 0.29) is 23.9 Å². The second-order valence-corrected chi connectivity index (χ2v) is 5.06. The maximum absolute atomic E-state index is 12.1. The van der Waals surface area contributed by atoms with Crippen molar-refractivity contribution in [2.24, 2.45) is 11.7 Å². The van der Waals surface area contributed by atoms with Gasteiger partial charge in [0, 0.05) is 26.1 Å². The van der Waals surface area contributed by atoms with E-state index in [4.69, 9.17) is 10.5 Å². The summed E-state index contributed by atoms with van der Waals surface area (Å²) >= 11 is 0. The van der Waals surface area contributed by atoms with Crippen LogP contribution in [0.4, 0.5) is 0 Å². The lowest BCUT2D eigenvalue weighted by Crippen LogP contribution is -2.40. The fourth-order valence-electron chi connectivity index (χ4n) is 1.79. The molecular formula is C13H28N2O2. The Bertz CT molecular complexity index is 219. The van der Waals surface area contributed by atoms with Crippen LogP contribution in [0.5, 0.6) is 0 Å². The minimum atomic E-state index is 0.0676. The summed E-state index contributed by atoms with van der Waals surface area (Å²) in [5.74, 6) is 0.261. The van der Waals surface area contributed by atoms with Gasteiger partial charge in [-0.15, -0.1) is 0 Å². The van der Waals surface area contributed by atoms with Crippen LogP contribution < -0.4 is 5.73 Å². The molecule has 4 heteroatoms. The van der Waals surface area contributed by atoms with Crippen LogP contribution in [0, 0.1) is 5.92 Å². The molecule has 0 aliphatic heterocycles. The summed E-state index contributed by atoms with van der Waals surface area (Å²) in [6.07, 6.45) is 2.90. The lowest BCUT2D eigenvalue weighted by atomic mass is 10.0. The zero-order valence-electron chi connectivity index (χ0n) is 11.9. The van der Waals surface area contributed by atoms with Gasteiger partial charge in [-0.25, -0.2) is 0 Å². The highest BCUT2D eigenvalue weighted by Crippen LogP contribution is 2.13. The number of nitrogens with two attached hydrogens (primary N) is 1. The molecule has 0 radical (unpaired) electrons. The van der Waals surface area contributed by atoms with Crippen LogP contribution >= 0.6 is 0 Å². The number of likely N-dealkylation sites (N-methyl/N-ethyl adjacent to an activating group) is 1. The van der Waals surface area contributed by atoms with Gasteiger partial charge in [0.1, 0.15) is 0 Å². The molecule has 0 aromatic rings. The van der Waals surface area contributed by atoms with E-state index in [0.717, 1.165) is 19.3 Å². The van der Waals surface area contributed by atoms with E-state index in [2.05, 4.69) is 0 Å². The maximum atomic E-state index is 12.1. The second-order valence-electron chi connectivity index (χ2n) is 5.06. The van der Waals surface area contributed by atoms with Gasteiger partial charge < -0.3 is 15.4 Å². The molecule has 0 rings (SSSR count). The SMILES string of the molecule is COCC(C)N(C)C(=O)C(C)CCCC(C)N. The van der Waals surface area contributed by atoms with Gasteiger partial charge in [0.2, 0.25) is 5.91 Å². The minimum absolute atomic E-state index is 0.0676. The predicted octanol–water partition coefficient (Wildman–Crippen LogP) is 1.63. The molecule has 0 fully saturated rings. The number of rotatable bonds is 8. The molecule has 0 spiro atoms. The summed E-state index contributed by atoms with van der Waals surface area (Å²) in [7, 11) is 3.49. The van der Waals surface area contributed by atoms with Gasteiger partial charge >= 0.3 is 0 Å². The topological polar surface area (TPSA) is 55.6 Å². The van der Waals surface area contributed by atoms with Crippen LogP contribution in [0.2, 0.25) is 0 Å². The minimum Gasteiger partial charge on any atom is -0.383 e. The van der Waals surface area contributed by atoms with Crippen LogP contribution in [0.15, 0.2) is 0 Å². The highest BCUT2D eigenvalue weighted by molar-refractivity contribution is 5.78. The van der Waals surface area contributed by atoms with Crippen molar-refractivity contribution in [3.63, 3.8) is 0 Å². The Balaban J connectivity index is 4.02. The normalized spacial score (nSPS) is 16.4. The van der Waals surface area contributed by atoms with Gasteiger partial charge in [0.25, 0.3) is 0 Å². The molecule has 2 N–H and O–H groups in total. The first-order valence-electron chi connectivity index (χ1n) is 6.41. The summed E-state index contributed by atoms with van der Waals surface area (Å²) in [5.41, 5.74) is 5.69. The Hall–Kier alpha value is -0.610. The number of hydrogen-bond donors (Lipinski definition) is 1. The lowest BCUT2D eigenvalue weighted by Gasteiger charge is -2.27. The number of methoxy groups -OCH3 is 1. The van der Waals surface area contributed by atoms with E-state index in [1.807, 2.05) is 27.8 Å². The fraction of sp³-hybridized carbons (Fsp3) is 0.923. The Morgan fingerprint density at radius 2 is 1.88 bits per heavy atom. The van der Waals surface area contributed by atoms with Crippen molar-refractivity contribution in [2.45, 2.75) is 52.1 Å². The van der Waals surface area contributed by atoms with Crippen molar-refractivity contribution in [3.8, 4) is 0 Å². The number of ether oxygens (including phenoxy) is 1. The molecule has 0 bridgehead atoms. The van der Waals surface area contributed by atoms with Crippen molar-refractivity contribution < 1.29 is 9.53 Å².